The molecule has 30 heavy (non-hydrogen) atoms. The van der Waals surface area contributed by atoms with Gasteiger partial charge in [-0.25, -0.2) is 13.4 Å². The number of sulfonamides is 1. The summed E-state index contributed by atoms with van der Waals surface area (Å²) >= 11 is 0. The highest BCUT2D eigenvalue weighted by atomic mass is 32.2. The number of rotatable bonds is 7. The molecular formula is C23H29N3O3S. The normalized spacial score (nSPS) is 16.6. The zero-order chi connectivity index (χ0) is 21.9. The van der Waals surface area contributed by atoms with Crippen LogP contribution < -0.4 is 4.72 Å². The number of hydrogen-bond acceptors (Lipinski definition) is 4. The molecule has 0 saturated heterocycles. The van der Waals surface area contributed by atoms with Gasteiger partial charge in [0.15, 0.2) is 0 Å². The van der Waals surface area contributed by atoms with Gasteiger partial charge in [-0.05, 0) is 43.0 Å². The Bertz CT molecular complexity index is 1020. The van der Waals surface area contributed by atoms with Crippen LogP contribution >= 0.6 is 0 Å². The fourth-order valence-electron chi connectivity index (χ4n) is 3.71. The molecule has 0 fully saturated rings. The third-order valence-corrected chi connectivity index (χ3v) is 6.06. The number of amides is 1. The Balaban J connectivity index is 1.92. The molecule has 0 aromatic heterocycles. The summed E-state index contributed by atoms with van der Waals surface area (Å²) < 4.78 is 25.3. The molecule has 6 nitrogen and oxygen atoms in total. The molecule has 1 amide bonds. The van der Waals surface area contributed by atoms with Crippen LogP contribution in [0.25, 0.3) is 0 Å². The topological polar surface area (TPSA) is 78.8 Å². The second kappa shape index (κ2) is 9.00. The Kier molecular flexibility index (Phi) is 6.61. The first-order valence-electron chi connectivity index (χ1n) is 10.3. The van der Waals surface area contributed by atoms with Gasteiger partial charge in [0.2, 0.25) is 15.9 Å². The Morgan fingerprint density at radius 1 is 1.10 bits per heavy atom. The van der Waals surface area contributed by atoms with E-state index in [4.69, 9.17) is 5.10 Å². The average molecular weight is 428 g/mol. The summed E-state index contributed by atoms with van der Waals surface area (Å²) in [6.07, 6.45) is 3.30. The molecule has 0 saturated carbocycles. The van der Waals surface area contributed by atoms with E-state index >= 15 is 0 Å². The van der Waals surface area contributed by atoms with Crippen molar-refractivity contribution in [2.45, 2.75) is 46.1 Å². The van der Waals surface area contributed by atoms with Crippen molar-refractivity contribution in [2.24, 2.45) is 11.0 Å². The van der Waals surface area contributed by atoms with E-state index < -0.39 is 10.0 Å². The molecule has 0 radical (unpaired) electrons. The highest BCUT2D eigenvalue weighted by molar-refractivity contribution is 7.92. The molecule has 2 aromatic carbocycles. The first kappa shape index (κ1) is 22.0. The lowest BCUT2D eigenvalue weighted by Gasteiger charge is -2.25. The number of aryl methyl sites for hydroxylation is 1. The van der Waals surface area contributed by atoms with Gasteiger partial charge in [0.25, 0.3) is 0 Å². The summed E-state index contributed by atoms with van der Waals surface area (Å²) in [5, 5.41) is 6.37. The molecular weight excluding hydrogens is 398 g/mol. The summed E-state index contributed by atoms with van der Waals surface area (Å²) in [5.41, 5.74) is 4.44. The van der Waals surface area contributed by atoms with Crippen molar-refractivity contribution in [1.82, 2.24) is 5.01 Å². The van der Waals surface area contributed by atoms with E-state index in [0.29, 0.717) is 12.1 Å². The van der Waals surface area contributed by atoms with Crippen LogP contribution in [0, 0.1) is 12.8 Å². The standard InChI is InChI=1S/C23H29N3O3S/c1-5-17(6-2)23(27)26-22(19-9-7-16(3)8-10-19)15-21(24-26)18-11-13-20(14-12-18)25-30(4,28)29/h7-14,17,22,25H,5-6,15H2,1-4H3. The van der Waals surface area contributed by atoms with Gasteiger partial charge >= 0.3 is 0 Å². The maximum absolute atomic E-state index is 13.2. The fraction of sp³-hybridized carbons (Fsp3) is 0.391. The van der Waals surface area contributed by atoms with Gasteiger partial charge < -0.3 is 0 Å². The molecule has 0 aliphatic carbocycles. The lowest BCUT2D eigenvalue weighted by Crippen LogP contribution is -2.32. The maximum atomic E-state index is 13.2. The first-order valence-corrected chi connectivity index (χ1v) is 12.2. The van der Waals surface area contributed by atoms with Crippen LogP contribution in [0.5, 0.6) is 0 Å². The number of nitrogens with one attached hydrogen (secondary N) is 1. The minimum Gasteiger partial charge on any atom is -0.284 e. The van der Waals surface area contributed by atoms with Crippen LogP contribution in [0.4, 0.5) is 5.69 Å². The predicted molar refractivity (Wildman–Crippen MR) is 121 cm³/mol. The van der Waals surface area contributed by atoms with Crippen molar-refractivity contribution in [3.63, 3.8) is 0 Å². The van der Waals surface area contributed by atoms with E-state index in [1.165, 1.54) is 5.56 Å². The number of carbonyl (C=O) groups is 1. The lowest BCUT2D eigenvalue weighted by atomic mass is 9.96. The largest absolute Gasteiger partial charge is 0.284 e. The fourth-order valence-corrected chi connectivity index (χ4v) is 4.27. The summed E-state index contributed by atoms with van der Waals surface area (Å²) in [6, 6.07) is 15.2. The van der Waals surface area contributed by atoms with Gasteiger partial charge in [-0.3, -0.25) is 9.52 Å². The van der Waals surface area contributed by atoms with Crippen molar-refractivity contribution in [3.05, 3.63) is 65.2 Å². The lowest BCUT2D eigenvalue weighted by molar-refractivity contribution is -0.137. The summed E-state index contributed by atoms with van der Waals surface area (Å²) in [4.78, 5) is 13.2. The van der Waals surface area contributed by atoms with E-state index in [0.717, 1.165) is 35.9 Å². The third kappa shape index (κ3) is 5.08. The van der Waals surface area contributed by atoms with Crippen LogP contribution in [0.1, 0.15) is 55.8 Å². The second-order valence-corrected chi connectivity index (χ2v) is 9.57. The van der Waals surface area contributed by atoms with Crippen molar-refractivity contribution in [1.29, 1.82) is 0 Å². The molecule has 2 aromatic rings. The number of hydrogen-bond donors (Lipinski definition) is 1. The zero-order valence-corrected chi connectivity index (χ0v) is 18.7. The number of carbonyl (C=O) groups excluding carboxylic acids is 1. The Hall–Kier alpha value is -2.67. The average Bonchev–Trinajstić information content (AvgIpc) is 3.14. The number of anilines is 1. The number of hydrazone groups is 1. The van der Waals surface area contributed by atoms with E-state index in [-0.39, 0.29) is 17.9 Å². The Morgan fingerprint density at radius 2 is 1.70 bits per heavy atom. The minimum absolute atomic E-state index is 0.0518. The molecule has 1 atom stereocenters. The van der Waals surface area contributed by atoms with Gasteiger partial charge in [-0.15, -0.1) is 0 Å². The van der Waals surface area contributed by atoms with Gasteiger partial charge in [-0.1, -0.05) is 55.8 Å². The van der Waals surface area contributed by atoms with Crippen molar-refractivity contribution in [2.75, 3.05) is 11.0 Å². The van der Waals surface area contributed by atoms with Gasteiger partial charge in [0.1, 0.15) is 0 Å². The first-order chi connectivity index (χ1) is 14.2. The monoisotopic (exact) mass is 427 g/mol. The highest BCUT2D eigenvalue weighted by Crippen LogP contribution is 2.35. The Morgan fingerprint density at radius 3 is 2.23 bits per heavy atom. The van der Waals surface area contributed by atoms with Crippen LogP contribution in [-0.4, -0.2) is 31.3 Å². The molecule has 1 N–H and O–H groups in total. The molecule has 160 valence electrons. The molecule has 1 heterocycles. The second-order valence-electron chi connectivity index (χ2n) is 7.83. The highest BCUT2D eigenvalue weighted by Gasteiger charge is 2.35. The minimum atomic E-state index is -3.33. The maximum Gasteiger partial charge on any atom is 0.246 e. The predicted octanol–water partition coefficient (Wildman–Crippen LogP) is 4.48. The van der Waals surface area contributed by atoms with Gasteiger partial charge in [0, 0.05) is 18.0 Å². The SMILES string of the molecule is CCC(CC)C(=O)N1N=C(c2ccc(NS(C)(=O)=O)cc2)CC1c1ccc(C)cc1. The Labute approximate surface area is 179 Å². The molecule has 1 aliphatic heterocycles. The number of benzene rings is 2. The summed E-state index contributed by atoms with van der Waals surface area (Å²) in [6.45, 7) is 6.10. The van der Waals surface area contributed by atoms with Gasteiger partial charge in [0.05, 0.1) is 18.0 Å². The molecule has 7 heteroatoms. The molecule has 1 aliphatic rings. The van der Waals surface area contributed by atoms with Crippen molar-refractivity contribution < 1.29 is 13.2 Å². The van der Waals surface area contributed by atoms with Crippen LogP contribution in [0.3, 0.4) is 0 Å². The van der Waals surface area contributed by atoms with E-state index in [1.807, 2.05) is 32.9 Å². The third-order valence-electron chi connectivity index (χ3n) is 5.45. The van der Waals surface area contributed by atoms with Crippen molar-refractivity contribution >= 4 is 27.3 Å². The van der Waals surface area contributed by atoms with Crippen LogP contribution in [-0.2, 0) is 14.8 Å². The quantitative estimate of drug-likeness (QED) is 0.707. The zero-order valence-electron chi connectivity index (χ0n) is 17.9. The molecule has 1 unspecified atom stereocenters. The van der Waals surface area contributed by atoms with E-state index in [9.17, 15) is 13.2 Å². The van der Waals surface area contributed by atoms with Crippen LogP contribution in [0.15, 0.2) is 53.6 Å². The smallest absolute Gasteiger partial charge is 0.246 e. The summed E-state index contributed by atoms with van der Waals surface area (Å²) in [5.74, 6) is -0.00155. The van der Waals surface area contributed by atoms with Crippen molar-refractivity contribution in [3.8, 4) is 0 Å². The van der Waals surface area contributed by atoms with E-state index in [2.05, 4.69) is 29.0 Å². The summed E-state index contributed by atoms with van der Waals surface area (Å²) in [7, 11) is -3.33. The van der Waals surface area contributed by atoms with E-state index in [1.54, 1.807) is 17.1 Å². The molecule has 3 rings (SSSR count). The molecule has 0 bridgehead atoms. The molecule has 0 spiro atoms. The number of nitrogens with zero attached hydrogens (tertiary/aromatic N) is 2. The van der Waals surface area contributed by atoms with Crippen LogP contribution in [0.2, 0.25) is 0 Å². The van der Waals surface area contributed by atoms with Gasteiger partial charge in [-0.2, -0.15) is 5.10 Å².